The summed E-state index contributed by atoms with van der Waals surface area (Å²) in [7, 11) is 0. The molecule has 0 unspecified atom stereocenters. The Morgan fingerprint density at radius 2 is 1.48 bits per heavy atom. The summed E-state index contributed by atoms with van der Waals surface area (Å²) in [5.74, 6) is 1.24. The molecule has 2 heteroatoms. The number of hydrogen-bond donors (Lipinski definition) is 0. The maximum atomic E-state index is 14.5. The minimum Gasteiger partial charge on any atom is -0.207 e. The number of hydrogen-bond acceptors (Lipinski definition) is 0. The molecule has 0 aromatic heterocycles. The smallest absolute Gasteiger partial charge is 0.131 e. The third-order valence-corrected chi connectivity index (χ3v) is 6.21. The second-order valence-electron chi connectivity index (χ2n) is 8.24. The van der Waals surface area contributed by atoms with Crippen molar-refractivity contribution in [3.63, 3.8) is 0 Å². The molecule has 2 aromatic carbocycles. The van der Waals surface area contributed by atoms with Gasteiger partial charge in [0.25, 0.3) is 0 Å². The number of halogens is 2. The quantitative estimate of drug-likeness (QED) is 0.414. The Labute approximate surface area is 163 Å². The van der Waals surface area contributed by atoms with Gasteiger partial charge in [0.2, 0.25) is 0 Å². The fraction of sp³-hybridized carbons (Fsp3) is 0.520. The predicted molar refractivity (Wildman–Crippen MR) is 110 cm³/mol. The van der Waals surface area contributed by atoms with E-state index in [4.69, 9.17) is 0 Å². The zero-order chi connectivity index (χ0) is 19.1. The molecule has 0 heterocycles. The van der Waals surface area contributed by atoms with E-state index in [1.54, 1.807) is 18.2 Å². The first-order valence-corrected chi connectivity index (χ1v) is 10.7. The Kier molecular flexibility index (Phi) is 7.43. The van der Waals surface area contributed by atoms with Crippen molar-refractivity contribution in [1.82, 2.24) is 0 Å². The zero-order valence-electron chi connectivity index (χ0n) is 16.5. The van der Waals surface area contributed by atoms with Gasteiger partial charge in [0.1, 0.15) is 11.6 Å². The third kappa shape index (κ3) is 5.89. The molecule has 0 bridgehead atoms. The van der Waals surface area contributed by atoms with Gasteiger partial charge < -0.3 is 0 Å². The van der Waals surface area contributed by atoms with Crippen molar-refractivity contribution in [2.45, 2.75) is 71.1 Å². The molecule has 0 radical (unpaired) electrons. The minimum atomic E-state index is -0.295. The first-order valence-electron chi connectivity index (χ1n) is 10.7. The van der Waals surface area contributed by atoms with E-state index in [1.165, 1.54) is 63.5 Å². The van der Waals surface area contributed by atoms with Crippen LogP contribution in [0.4, 0.5) is 8.78 Å². The van der Waals surface area contributed by atoms with E-state index in [1.807, 2.05) is 12.1 Å². The SMILES string of the molecule is CCCCCC1CCC(CCc2ccc(-c3ccc(F)cc3)c(F)c2)CC1. The predicted octanol–water partition coefficient (Wildman–Crippen LogP) is 7.95. The normalized spacial score (nSPS) is 20.0. The lowest BCUT2D eigenvalue weighted by molar-refractivity contribution is 0.249. The van der Waals surface area contributed by atoms with Crippen molar-refractivity contribution < 1.29 is 8.78 Å². The lowest BCUT2D eigenvalue weighted by Crippen LogP contribution is -2.15. The lowest BCUT2D eigenvalue weighted by Gasteiger charge is -2.28. The largest absolute Gasteiger partial charge is 0.207 e. The van der Waals surface area contributed by atoms with E-state index in [0.29, 0.717) is 5.56 Å². The number of rotatable bonds is 8. The molecule has 0 spiro atoms. The van der Waals surface area contributed by atoms with Gasteiger partial charge in [0.15, 0.2) is 0 Å². The first-order chi connectivity index (χ1) is 13.2. The average Bonchev–Trinajstić information content (AvgIpc) is 2.68. The van der Waals surface area contributed by atoms with Gasteiger partial charge in [-0.15, -0.1) is 0 Å². The van der Waals surface area contributed by atoms with Crippen LogP contribution in [-0.4, -0.2) is 0 Å². The number of aryl methyl sites for hydroxylation is 1. The minimum absolute atomic E-state index is 0.209. The molecule has 1 fully saturated rings. The standard InChI is InChI=1S/C25H32F2/c1-2-3-4-5-19-6-8-20(9-7-19)10-11-21-12-17-24(25(27)18-21)22-13-15-23(26)16-14-22/h12-20H,2-11H2,1H3. The van der Waals surface area contributed by atoms with Crippen LogP contribution in [0.15, 0.2) is 42.5 Å². The summed E-state index contributed by atoms with van der Waals surface area (Å²) in [5, 5.41) is 0. The van der Waals surface area contributed by atoms with E-state index in [-0.39, 0.29) is 11.6 Å². The molecular weight excluding hydrogens is 338 g/mol. The molecule has 2 aromatic rings. The highest BCUT2D eigenvalue weighted by atomic mass is 19.1. The second kappa shape index (κ2) is 10.0. The van der Waals surface area contributed by atoms with Crippen molar-refractivity contribution in [2.24, 2.45) is 11.8 Å². The highest BCUT2D eigenvalue weighted by molar-refractivity contribution is 5.64. The molecule has 0 aliphatic heterocycles. The molecule has 0 atom stereocenters. The van der Waals surface area contributed by atoms with Gasteiger partial charge >= 0.3 is 0 Å². The van der Waals surface area contributed by atoms with Crippen LogP contribution in [-0.2, 0) is 6.42 Å². The van der Waals surface area contributed by atoms with Gasteiger partial charge in [-0.2, -0.15) is 0 Å². The third-order valence-electron chi connectivity index (χ3n) is 6.21. The average molecular weight is 371 g/mol. The Bertz CT molecular complexity index is 697. The van der Waals surface area contributed by atoms with E-state index in [0.717, 1.165) is 35.8 Å². The van der Waals surface area contributed by atoms with E-state index >= 15 is 0 Å². The maximum absolute atomic E-state index is 14.5. The molecular formula is C25H32F2. The van der Waals surface area contributed by atoms with E-state index < -0.39 is 0 Å². The molecule has 27 heavy (non-hydrogen) atoms. The fourth-order valence-corrected chi connectivity index (χ4v) is 4.44. The van der Waals surface area contributed by atoms with Crippen molar-refractivity contribution in [2.75, 3.05) is 0 Å². The Morgan fingerprint density at radius 3 is 2.11 bits per heavy atom. The summed E-state index contributed by atoms with van der Waals surface area (Å²) in [6.07, 6.45) is 13.1. The van der Waals surface area contributed by atoms with Crippen LogP contribution in [0.5, 0.6) is 0 Å². The molecule has 0 N–H and O–H groups in total. The van der Waals surface area contributed by atoms with Crippen LogP contribution in [0.2, 0.25) is 0 Å². The Morgan fingerprint density at radius 1 is 0.815 bits per heavy atom. The summed E-state index contributed by atoms with van der Waals surface area (Å²) in [6.45, 7) is 2.27. The van der Waals surface area contributed by atoms with Gasteiger partial charge in [-0.3, -0.25) is 0 Å². The van der Waals surface area contributed by atoms with Crippen LogP contribution < -0.4 is 0 Å². The first kappa shape index (κ1) is 20.0. The molecule has 0 amide bonds. The van der Waals surface area contributed by atoms with Gasteiger partial charge in [0.05, 0.1) is 0 Å². The van der Waals surface area contributed by atoms with Crippen molar-refractivity contribution in [1.29, 1.82) is 0 Å². The van der Waals surface area contributed by atoms with Gasteiger partial charge in [-0.25, -0.2) is 8.78 Å². The maximum Gasteiger partial charge on any atom is 0.131 e. The molecule has 0 nitrogen and oxygen atoms in total. The molecule has 146 valence electrons. The van der Waals surface area contributed by atoms with Gasteiger partial charge in [-0.05, 0) is 54.0 Å². The van der Waals surface area contributed by atoms with Gasteiger partial charge in [-0.1, -0.05) is 82.6 Å². The van der Waals surface area contributed by atoms with Gasteiger partial charge in [0, 0.05) is 5.56 Å². The van der Waals surface area contributed by atoms with Crippen LogP contribution in [0.3, 0.4) is 0 Å². The van der Waals surface area contributed by atoms with Crippen LogP contribution in [0.25, 0.3) is 11.1 Å². The summed E-state index contributed by atoms with van der Waals surface area (Å²) >= 11 is 0. The number of unbranched alkanes of at least 4 members (excludes halogenated alkanes) is 2. The lowest BCUT2D eigenvalue weighted by atomic mass is 9.78. The van der Waals surface area contributed by atoms with Crippen molar-refractivity contribution in [3.8, 4) is 11.1 Å². The van der Waals surface area contributed by atoms with Crippen LogP contribution >= 0.6 is 0 Å². The summed E-state index contributed by atoms with van der Waals surface area (Å²) in [4.78, 5) is 0. The highest BCUT2D eigenvalue weighted by Crippen LogP contribution is 2.34. The van der Waals surface area contributed by atoms with E-state index in [2.05, 4.69) is 6.92 Å². The van der Waals surface area contributed by atoms with Crippen molar-refractivity contribution >= 4 is 0 Å². The molecule has 1 aliphatic rings. The Balaban J connectivity index is 1.48. The number of benzene rings is 2. The Hall–Kier alpha value is -1.70. The van der Waals surface area contributed by atoms with Crippen LogP contribution in [0, 0.1) is 23.5 Å². The summed E-state index contributed by atoms with van der Waals surface area (Å²) in [5.41, 5.74) is 2.34. The molecule has 0 saturated heterocycles. The van der Waals surface area contributed by atoms with Crippen molar-refractivity contribution in [3.05, 3.63) is 59.7 Å². The second-order valence-corrected chi connectivity index (χ2v) is 8.24. The summed E-state index contributed by atoms with van der Waals surface area (Å²) < 4.78 is 27.6. The molecule has 1 aliphatic carbocycles. The molecule has 1 saturated carbocycles. The van der Waals surface area contributed by atoms with Crippen LogP contribution in [0.1, 0.15) is 70.3 Å². The molecule has 3 rings (SSSR count). The highest BCUT2D eigenvalue weighted by Gasteiger charge is 2.20. The fourth-order valence-electron chi connectivity index (χ4n) is 4.44. The monoisotopic (exact) mass is 370 g/mol. The summed E-state index contributed by atoms with van der Waals surface area (Å²) in [6, 6.07) is 11.5. The zero-order valence-corrected chi connectivity index (χ0v) is 16.5. The topological polar surface area (TPSA) is 0 Å². The van der Waals surface area contributed by atoms with E-state index in [9.17, 15) is 8.78 Å².